The van der Waals surface area contributed by atoms with Crippen LogP contribution in [-0.2, 0) is 17.8 Å². The second kappa shape index (κ2) is 6.84. The van der Waals surface area contributed by atoms with Gasteiger partial charge >= 0.3 is 0 Å². The quantitative estimate of drug-likeness (QED) is 0.825. The molecule has 3 rings (SSSR count). The molecule has 0 saturated carbocycles. The van der Waals surface area contributed by atoms with Crippen LogP contribution in [0.3, 0.4) is 0 Å². The average molecular weight is 382 g/mol. The van der Waals surface area contributed by atoms with Gasteiger partial charge in [0.15, 0.2) is 5.72 Å². The van der Waals surface area contributed by atoms with Crippen molar-refractivity contribution < 1.29 is 17.9 Å². The molecule has 25 heavy (non-hydrogen) atoms. The van der Waals surface area contributed by atoms with Crippen LogP contribution in [0.1, 0.15) is 30.5 Å². The molecule has 0 amide bonds. The zero-order chi connectivity index (χ0) is 18.2. The first kappa shape index (κ1) is 18.0. The molecule has 2 aromatic carbocycles. The zero-order valence-corrected chi connectivity index (χ0v) is 15.1. The van der Waals surface area contributed by atoms with Crippen molar-refractivity contribution in [3.8, 4) is 5.75 Å². The highest BCUT2D eigenvalue weighted by molar-refractivity contribution is 7.77. The highest BCUT2D eigenvalue weighted by Crippen LogP contribution is 2.38. The SMILES string of the molecule is CC1(C)N=C(c2ccc(F)cc2)c2c(Cl)cc(CNS(=O)[O-])cc2O1. The van der Waals surface area contributed by atoms with Crippen molar-refractivity contribution in [2.24, 2.45) is 4.99 Å². The highest BCUT2D eigenvalue weighted by atomic mass is 35.5. The standard InChI is InChI=1S/C17H16ClFN2O3S/c1-17(2)21-16(11-3-5-12(19)6-4-11)15-13(18)7-10(8-14(15)24-17)9-20-25(22)23/h3-8,20H,9H2,1-2H3,(H,22,23)/p-1. The molecule has 0 aliphatic carbocycles. The van der Waals surface area contributed by atoms with Crippen molar-refractivity contribution in [2.75, 3.05) is 0 Å². The number of hydrogen-bond acceptors (Lipinski definition) is 4. The van der Waals surface area contributed by atoms with Crippen LogP contribution >= 0.6 is 11.6 Å². The van der Waals surface area contributed by atoms with Gasteiger partial charge in [0, 0.05) is 23.4 Å². The maximum atomic E-state index is 13.2. The van der Waals surface area contributed by atoms with Gasteiger partial charge in [0.2, 0.25) is 0 Å². The van der Waals surface area contributed by atoms with Gasteiger partial charge in [-0.25, -0.2) is 14.1 Å². The fraction of sp³-hybridized carbons (Fsp3) is 0.235. The summed E-state index contributed by atoms with van der Waals surface area (Å²) in [5, 5.41) is 0.379. The van der Waals surface area contributed by atoms with Crippen molar-refractivity contribution >= 4 is 28.6 Å². The van der Waals surface area contributed by atoms with Crippen LogP contribution in [0.2, 0.25) is 5.02 Å². The molecule has 5 nitrogen and oxygen atoms in total. The van der Waals surface area contributed by atoms with Crippen molar-refractivity contribution in [2.45, 2.75) is 26.1 Å². The molecule has 1 atom stereocenters. The third-order valence-corrected chi connectivity index (χ3v) is 4.28. The topological polar surface area (TPSA) is 73.8 Å². The van der Waals surface area contributed by atoms with Gasteiger partial charge < -0.3 is 9.29 Å². The van der Waals surface area contributed by atoms with Gasteiger partial charge in [-0.1, -0.05) is 11.6 Å². The largest absolute Gasteiger partial charge is 0.760 e. The Balaban J connectivity index is 2.09. The molecule has 0 aromatic heterocycles. The van der Waals surface area contributed by atoms with Crippen LogP contribution in [0.15, 0.2) is 41.4 Å². The number of aliphatic imine (C=N–C) groups is 1. The molecule has 0 bridgehead atoms. The molecule has 0 saturated heterocycles. The Morgan fingerprint density at radius 1 is 1.32 bits per heavy atom. The van der Waals surface area contributed by atoms with Crippen LogP contribution in [0.4, 0.5) is 4.39 Å². The van der Waals surface area contributed by atoms with Crippen molar-refractivity contribution in [3.05, 3.63) is 63.9 Å². The number of ether oxygens (including phenoxy) is 1. The summed E-state index contributed by atoms with van der Waals surface area (Å²) in [5.41, 5.74) is 1.73. The summed E-state index contributed by atoms with van der Waals surface area (Å²) in [6.45, 7) is 3.69. The van der Waals surface area contributed by atoms with Crippen LogP contribution < -0.4 is 9.46 Å². The summed E-state index contributed by atoms with van der Waals surface area (Å²) >= 11 is 4.04. The second-order valence-electron chi connectivity index (χ2n) is 6.02. The molecule has 1 aliphatic heterocycles. The molecule has 0 spiro atoms. The lowest BCUT2D eigenvalue weighted by Gasteiger charge is -2.31. The highest BCUT2D eigenvalue weighted by Gasteiger charge is 2.30. The Bertz CT molecular complexity index is 869. The van der Waals surface area contributed by atoms with Crippen molar-refractivity contribution in [1.82, 2.24) is 4.72 Å². The van der Waals surface area contributed by atoms with Crippen LogP contribution in [0.5, 0.6) is 5.75 Å². The smallest absolute Gasteiger partial charge is 0.195 e. The molecule has 1 N–H and O–H groups in total. The Morgan fingerprint density at radius 2 is 2.00 bits per heavy atom. The molecule has 1 aliphatic rings. The van der Waals surface area contributed by atoms with E-state index in [4.69, 9.17) is 16.3 Å². The van der Waals surface area contributed by atoms with E-state index < -0.39 is 17.0 Å². The van der Waals surface area contributed by atoms with E-state index in [9.17, 15) is 13.2 Å². The fourth-order valence-corrected chi connectivity index (χ4v) is 3.23. The van der Waals surface area contributed by atoms with Gasteiger partial charge in [-0.05, 0) is 55.8 Å². The number of nitrogens with one attached hydrogen (secondary N) is 1. The molecular formula is C17H15ClFN2O3S-. The molecule has 8 heteroatoms. The Hall–Kier alpha value is -1.80. The van der Waals surface area contributed by atoms with Gasteiger partial charge in [0.05, 0.1) is 16.3 Å². The average Bonchev–Trinajstić information content (AvgIpc) is 2.51. The number of hydrogen-bond donors (Lipinski definition) is 1. The Labute approximate surface area is 152 Å². The number of halogens is 2. The van der Waals surface area contributed by atoms with Crippen LogP contribution in [0, 0.1) is 5.82 Å². The number of benzene rings is 2. The molecule has 0 fully saturated rings. The van der Waals surface area contributed by atoms with Crippen molar-refractivity contribution in [1.29, 1.82) is 0 Å². The number of nitrogens with zero attached hydrogens (tertiary/aromatic N) is 1. The van der Waals surface area contributed by atoms with E-state index in [1.807, 2.05) is 0 Å². The van der Waals surface area contributed by atoms with Gasteiger partial charge in [0.1, 0.15) is 11.6 Å². The summed E-state index contributed by atoms with van der Waals surface area (Å²) in [7, 11) is 0. The molecule has 1 unspecified atom stereocenters. The fourth-order valence-electron chi connectivity index (χ4n) is 2.62. The van der Waals surface area contributed by atoms with Crippen molar-refractivity contribution in [3.63, 3.8) is 0 Å². The lowest BCUT2D eigenvalue weighted by molar-refractivity contribution is 0.115. The summed E-state index contributed by atoms with van der Waals surface area (Å²) in [6.07, 6.45) is 0. The van der Waals surface area contributed by atoms with Crippen LogP contribution in [0.25, 0.3) is 0 Å². The Kier molecular flexibility index (Phi) is 4.92. The van der Waals surface area contributed by atoms with E-state index >= 15 is 0 Å². The maximum Gasteiger partial charge on any atom is 0.195 e. The van der Waals surface area contributed by atoms with E-state index in [0.29, 0.717) is 33.2 Å². The first-order valence-corrected chi connectivity index (χ1v) is 8.91. The van der Waals surface area contributed by atoms with Gasteiger partial charge in [-0.15, -0.1) is 0 Å². The molecule has 0 radical (unpaired) electrons. The Morgan fingerprint density at radius 3 is 2.64 bits per heavy atom. The molecule has 2 aromatic rings. The minimum absolute atomic E-state index is 0.0932. The van der Waals surface area contributed by atoms with Gasteiger partial charge in [-0.3, -0.25) is 4.21 Å². The molecule has 1 heterocycles. The van der Waals surface area contributed by atoms with E-state index in [1.165, 1.54) is 12.1 Å². The van der Waals surface area contributed by atoms with Crippen LogP contribution in [-0.4, -0.2) is 20.2 Å². The van der Waals surface area contributed by atoms with E-state index in [-0.39, 0.29) is 12.4 Å². The second-order valence-corrected chi connectivity index (χ2v) is 7.19. The first-order chi connectivity index (χ1) is 11.7. The van der Waals surface area contributed by atoms with Gasteiger partial charge in [0.25, 0.3) is 0 Å². The molecular weight excluding hydrogens is 367 g/mol. The van der Waals surface area contributed by atoms with E-state index in [1.54, 1.807) is 38.1 Å². The predicted octanol–water partition coefficient (Wildman–Crippen LogP) is 3.33. The normalized spacial score (nSPS) is 16.6. The number of rotatable bonds is 4. The minimum Gasteiger partial charge on any atom is -0.760 e. The third-order valence-electron chi connectivity index (χ3n) is 3.60. The monoisotopic (exact) mass is 381 g/mol. The summed E-state index contributed by atoms with van der Waals surface area (Å²) in [5.74, 6) is 0.161. The molecule has 132 valence electrons. The van der Waals surface area contributed by atoms with E-state index in [2.05, 4.69) is 9.71 Å². The van der Waals surface area contributed by atoms with E-state index in [0.717, 1.165) is 0 Å². The first-order valence-electron chi connectivity index (χ1n) is 7.45. The lowest BCUT2D eigenvalue weighted by atomic mass is 9.97. The number of fused-ring (bicyclic) bond motifs is 1. The minimum atomic E-state index is -2.37. The third kappa shape index (κ3) is 4.07. The lowest BCUT2D eigenvalue weighted by Crippen LogP contribution is -2.33. The summed E-state index contributed by atoms with van der Waals surface area (Å²) < 4.78 is 42.8. The van der Waals surface area contributed by atoms with Gasteiger partial charge in [-0.2, -0.15) is 0 Å². The maximum absolute atomic E-state index is 13.2. The zero-order valence-electron chi connectivity index (χ0n) is 13.5. The summed E-state index contributed by atoms with van der Waals surface area (Å²) in [4.78, 5) is 4.59. The predicted molar refractivity (Wildman–Crippen MR) is 94.0 cm³/mol. The summed E-state index contributed by atoms with van der Waals surface area (Å²) in [6, 6.07) is 9.35.